The number of fused-ring (bicyclic) bond motifs is 22. The predicted octanol–water partition coefficient (Wildman–Crippen LogP) is 21.3. The quantitative estimate of drug-likeness (QED) is 0.172. The van der Waals surface area contributed by atoms with E-state index in [0.717, 1.165) is 55.9 Å². The SMILES string of the molecule is Cc1cccc(C)c1N(c1ccc2c(c1)C(C)(C)c1cc(-c3ccc4c5ccccc5n(-c5ccccc5)c4c3)c3oc4ccccc4c3c1-2)c1ccc2c(c1)C(C)(C)c1c3c(c4oc5ccccc5c4c1-2)-c1ccccc1C3(C)C. The van der Waals surface area contributed by atoms with Crippen LogP contribution in [-0.2, 0) is 16.2 Å². The minimum Gasteiger partial charge on any atom is -0.455 e. The van der Waals surface area contributed by atoms with Gasteiger partial charge in [-0.05, 0) is 158 Å². The van der Waals surface area contributed by atoms with E-state index < -0.39 is 0 Å². The van der Waals surface area contributed by atoms with Gasteiger partial charge in [0, 0.05) is 76.8 Å². The Morgan fingerprint density at radius 2 is 0.914 bits per heavy atom. The van der Waals surface area contributed by atoms with Gasteiger partial charge in [0.15, 0.2) is 0 Å². The lowest BCUT2D eigenvalue weighted by Crippen LogP contribution is -2.24. The molecule has 0 saturated heterocycles. The van der Waals surface area contributed by atoms with Crippen molar-refractivity contribution < 1.29 is 8.83 Å². The fraction of sp³-hybridized carbons (Fsp3) is 0.143. The molecule has 0 unspecified atom stereocenters. The smallest absolute Gasteiger partial charge is 0.144 e. The zero-order chi connectivity index (χ0) is 54.6. The molecule has 0 spiro atoms. The van der Waals surface area contributed by atoms with E-state index in [-0.39, 0.29) is 16.2 Å². The van der Waals surface area contributed by atoms with Gasteiger partial charge in [-0.15, -0.1) is 0 Å². The first-order valence-electron chi connectivity index (χ1n) is 28.7. The number of hydrogen-bond acceptors (Lipinski definition) is 3. The number of furan rings is 2. The van der Waals surface area contributed by atoms with Gasteiger partial charge in [0.2, 0.25) is 0 Å². The summed E-state index contributed by atoms with van der Waals surface area (Å²) in [7, 11) is 0. The molecule has 81 heavy (non-hydrogen) atoms. The molecule has 0 N–H and O–H groups in total. The Bertz CT molecular complexity index is 5090. The molecule has 3 aliphatic rings. The van der Waals surface area contributed by atoms with Gasteiger partial charge >= 0.3 is 0 Å². The predicted molar refractivity (Wildman–Crippen MR) is 338 cm³/mol. The van der Waals surface area contributed by atoms with E-state index in [1.54, 1.807) is 0 Å². The van der Waals surface area contributed by atoms with Gasteiger partial charge in [-0.3, -0.25) is 0 Å². The molecule has 0 aliphatic heterocycles. The molecule has 4 heteroatoms. The van der Waals surface area contributed by atoms with Gasteiger partial charge in [0.25, 0.3) is 0 Å². The van der Waals surface area contributed by atoms with Gasteiger partial charge in [0.05, 0.1) is 16.7 Å². The second-order valence-electron chi connectivity index (χ2n) is 24.8. The van der Waals surface area contributed by atoms with Crippen molar-refractivity contribution in [2.75, 3.05) is 4.90 Å². The van der Waals surface area contributed by atoms with Crippen molar-refractivity contribution in [1.29, 1.82) is 0 Å². The van der Waals surface area contributed by atoms with Crippen LogP contribution in [0.15, 0.2) is 215 Å². The van der Waals surface area contributed by atoms with Crippen molar-refractivity contribution in [1.82, 2.24) is 4.57 Å². The standard InChI is InChI=1S/C77H58N2O2/c1-43-21-20-22-44(2)72(43)78(48-35-38-53-59(41-48)77(7,8)70-66(53)68-55-28-15-19-32-64(55)81-74(68)69-51-26-12-16-29-57(51)76(5,6)71(69)70)47-34-37-52-58(40-47)75(3,4)60-42-56(73-67(65(52)60)54-27-14-18-31-63(54)80-73)45-33-36-50-49-25-13-17-30-61(49)79(62(50)39-45)46-23-10-9-11-24-46/h9-42H,1-8H3. The molecule has 17 rings (SSSR count). The van der Waals surface area contributed by atoms with E-state index in [2.05, 4.69) is 271 Å². The van der Waals surface area contributed by atoms with Crippen LogP contribution in [0, 0.1) is 13.8 Å². The Balaban J connectivity index is 0.866. The molecule has 11 aromatic carbocycles. The molecular weight excluding hydrogens is 985 g/mol. The first-order chi connectivity index (χ1) is 39.3. The zero-order valence-corrected chi connectivity index (χ0v) is 46.8. The summed E-state index contributed by atoms with van der Waals surface area (Å²) in [5.41, 5.74) is 30.2. The molecule has 0 saturated carbocycles. The van der Waals surface area contributed by atoms with Crippen molar-refractivity contribution in [2.24, 2.45) is 0 Å². The molecule has 3 aromatic heterocycles. The Labute approximate surface area is 471 Å². The van der Waals surface area contributed by atoms with Crippen LogP contribution >= 0.6 is 0 Å². The summed E-state index contributed by atoms with van der Waals surface area (Å²) in [6, 6.07) is 76.5. The van der Waals surface area contributed by atoms with Crippen LogP contribution in [0.25, 0.3) is 116 Å². The second-order valence-corrected chi connectivity index (χ2v) is 24.8. The van der Waals surface area contributed by atoms with Gasteiger partial charge < -0.3 is 18.3 Å². The summed E-state index contributed by atoms with van der Waals surface area (Å²) >= 11 is 0. The molecule has 0 atom stereocenters. The average Bonchev–Trinajstić information content (AvgIpc) is 2.32. The van der Waals surface area contributed by atoms with Crippen molar-refractivity contribution >= 4 is 82.7 Å². The molecule has 3 heterocycles. The van der Waals surface area contributed by atoms with Crippen molar-refractivity contribution in [3.05, 3.63) is 251 Å². The lowest BCUT2D eigenvalue weighted by Gasteiger charge is -2.32. The summed E-state index contributed by atoms with van der Waals surface area (Å²) in [5.74, 6) is 0. The average molecular weight is 1040 g/mol. The Morgan fingerprint density at radius 3 is 1.63 bits per heavy atom. The Hall–Kier alpha value is -9.38. The van der Waals surface area contributed by atoms with Crippen LogP contribution in [-0.4, -0.2) is 4.57 Å². The van der Waals surface area contributed by atoms with Crippen molar-refractivity contribution in [3.63, 3.8) is 0 Å². The van der Waals surface area contributed by atoms with Crippen molar-refractivity contribution in [3.8, 4) is 50.2 Å². The maximum atomic E-state index is 7.09. The van der Waals surface area contributed by atoms with Gasteiger partial charge in [-0.25, -0.2) is 0 Å². The fourth-order valence-corrected chi connectivity index (χ4v) is 15.7. The number of aryl methyl sites for hydroxylation is 2. The topological polar surface area (TPSA) is 34.5 Å². The van der Waals surface area contributed by atoms with E-state index in [9.17, 15) is 0 Å². The van der Waals surface area contributed by atoms with E-state index in [1.807, 2.05) is 0 Å². The highest BCUT2D eigenvalue weighted by atomic mass is 16.3. The number of aromatic nitrogens is 1. The first kappa shape index (κ1) is 46.5. The number of rotatable bonds is 5. The van der Waals surface area contributed by atoms with Gasteiger partial charge in [-0.2, -0.15) is 0 Å². The lowest BCUT2D eigenvalue weighted by molar-refractivity contribution is 0.600. The lowest BCUT2D eigenvalue weighted by atomic mass is 9.72. The summed E-state index contributed by atoms with van der Waals surface area (Å²) in [6.07, 6.45) is 0. The highest BCUT2D eigenvalue weighted by Gasteiger charge is 2.49. The number of benzene rings is 11. The number of para-hydroxylation sites is 5. The third-order valence-electron chi connectivity index (χ3n) is 19.3. The van der Waals surface area contributed by atoms with Crippen LogP contribution in [0.1, 0.15) is 86.1 Å². The molecular formula is C77H58N2O2. The second kappa shape index (κ2) is 15.9. The number of nitrogens with zero attached hydrogens (tertiary/aromatic N) is 2. The summed E-state index contributed by atoms with van der Waals surface area (Å²) in [5, 5.41) is 7.16. The molecule has 3 aliphatic carbocycles. The maximum Gasteiger partial charge on any atom is 0.144 e. The molecule has 14 aromatic rings. The van der Waals surface area contributed by atoms with Crippen LogP contribution < -0.4 is 4.90 Å². The normalized spacial score (nSPS) is 15.0. The zero-order valence-electron chi connectivity index (χ0n) is 46.8. The third kappa shape index (κ3) is 5.99. The van der Waals surface area contributed by atoms with E-state index in [4.69, 9.17) is 8.83 Å². The van der Waals surface area contributed by atoms with Crippen LogP contribution in [0.4, 0.5) is 17.1 Å². The monoisotopic (exact) mass is 1040 g/mol. The molecule has 4 nitrogen and oxygen atoms in total. The highest BCUT2D eigenvalue weighted by molar-refractivity contribution is 6.22. The summed E-state index contributed by atoms with van der Waals surface area (Å²) in [6.45, 7) is 19.1. The largest absolute Gasteiger partial charge is 0.455 e. The minimum absolute atomic E-state index is 0.239. The molecule has 388 valence electrons. The minimum atomic E-state index is -0.372. The third-order valence-corrected chi connectivity index (χ3v) is 19.3. The summed E-state index contributed by atoms with van der Waals surface area (Å²) in [4.78, 5) is 2.55. The van der Waals surface area contributed by atoms with Gasteiger partial charge in [-0.1, -0.05) is 181 Å². The highest BCUT2D eigenvalue weighted by Crippen LogP contribution is 2.64. The first-order valence-corrected chi connectivity index (χ1v) is 28.7. The fourth-order valence-electron chi connectivity index (χ4n) is 15.7. The molecule has 0 radical (unpaired) electrons. The Kier molecular flexibility index (Phi) is 9.15. The summed E-state index contributed by atoms with van der Waals surface area (Å²) < 4.78 is 16.5. The maximum absolute atomic E-state index is 7.09. The van der Waals surface area contributed by atoms with E-state index in [0.29, 0.717) is 0 Å². The van der Waals surface area contributed by atoms with Crippen LogP contribution in [0.5, 0.6) is 0 Å². The Morgan fingerprint density at radius 1 is 0.370 bits per heavy atom. The number of hydrogen-bond donors (Lipinski definition) is 0. The van der Waals surface area contributed by atoms with E-state index >= 15 is 0 Å². The molecule has 0 fully saturated rings. The van der Waals surface area contributed by atoms with E-state index in [1.165, 1.54) is 122 Å². The molecule has 0 amide bonds. The van der Waals surface area contributed by atoms with Crippen LogP contribution in [0.3, 0.4) is 0 Å². The number of anilines is 3. The molecule has 0 bridgehead atoms. The van der Waals surface area contributed by atoms with Crippen LogP contribution in [0.2, 0.25) is 0 Å². The van der Waals surface area contributed by atoms with Crippen molar-refractivity contribution in [2.45, 2.75) is 71.6 Å². The van der Waals surface area contributed by atoms with Gasteiger partial charge in [0.1, 0.15) is 22.3 Å².